The van der Waals surface area contributed by atoms with E-state index >= 15 is 0 Å². The zero-order valence-corrected chi connectivity index (χ0v) is 15.4. The van der Waals surface area contributed by atoms with Crippen LogP contribution in [0.1, 0.15) is 35.0 Å². The summed E-state index contributed by atoms with van der Waals surface area (Å²) in [6.07, 6.45) is -3.56. The highest BCUT2D eigenvalue weighted by Crippen LogP contribution is 2.35. The number of halogens is 4. The van der Waals surface area contributed by atoms with E-state index in [1.807, 2.05) is 6.92 Å². The first kappa shape index (κ1) is 19.2. The van der Waals surface area contributed by atoms with Gasteiger partial charge in [0.05, 0.1) is 22.5 Å². The predicted molar refractivity (Wildman–Crippen MR) is 100 cm³/mol. The van der Waals surface area contributed by atoms with Gasteiger partial charge in [-0.3, -0.25) is 4.79 Å². The largest absolute Gasteiger partial charge is 0.416 e. The lowest BCUT2D eigenvalue weighted by atomic mass is 9.87. The average Bonchev–Trinajstić information content (AvgIpc) is 3.00. The third kappa shape index (κ3) is 3.74. The Balaban J connectivity index is 1.79. The smallest absolute Gasteiger partial charge is 0.338 e. The summed E-state index contributed by atoms with van der Waals surface area (Å²) in [5, 5.41) is 7.31. The van der Waals surface area contributed by atoms with Crippen LogP contribution in [-0.2, 0) is 12.6 Å². The minimum Gasteiger partial charge on any atom is -0.338 e. The molecule has 0 saturated carbocycles. The molecule has 1 aromatic heterocycles. The molecule has 1 atom stereocenters. The molecule has 29 heavy (non-hydrogen) atoms. The predicted octanol–water partition coefficient (Wildman–Crippen LogP) is 5.54. The van der Waals surface area contributed by atoms with E-state index in [9.17, 15) is 22.4 Å². The highest BCUT2D eigenvalue weighted by Gasteiger charge is 2.32. The Morgan fingerprint density at radius 2 is 1.83 bits per heavy atom. The average molecular weight is 403 g/mol. The van der Waals surface area contributed by atoms with Crippen molar-refractivity contribution in [3.63, 3.8) is 0 Å². The molecule has 0 amide bonds. The number of carbonyl (C=O) groups is 1. The zero-order valence-electron chi connectivity index (χ0n) is 15.4. The SMILES string of the molecule is CC1CC(=O)c2c(Nc3cccc(C(F)(F)F)c3)nn(-c3ccc(F)cc3)c2C1. The molecule has 0 fully saturated rings. The number of carbonyl (C=O) groups excluding carboxylic acids is 1. The summed E-state index contributed by atoms with van der Waals surface area (Å²) >= 11 is 0. The van der Waals surface area contributed by atoms with Crippen LogP contribution in [0.15, 0.2) is 48.5 Å². The van der Waals surface area contributed by atoms with Crippen molar-refractivity contribution < 1.29 is 22.4 Å². The van der Waals surface area contributed by atoms with Gasteiger partial charge in [0.25, 0.3) is 0 Å². The molecule has 1 aliphatic carbocycles. The molecule has 2 aromatic carbocycles. The molecule has 0 bridgehead atoms. The van der Waals surface area contributed by atoms with Gasteiger partial charge in [-0.15, -0.1) is 5.10 Å². The molecule has 1 heterocycles. The minimum absolute atomic E-state index is 0.104. The van der Waals surface area contributed by atoms with E-state index in [0.717, 1.165) is 12.1 Å². The second-order valence-electron chi connectivity index (χ2n) is 7.20. The van der Waals surface area contributed by atoms with Gasteiger partial charge in [0.15, 0.2) is 11.6 Å². The first-order valence-electron chi connectivity index (χ1n) is 9.07. The number of nitrogens with one attached hydrogen (secondary N) is 1. The van der Waals surface area contributed by atoms with Gasteiger partial charge in [0.2, 0.25) is 0 Å². The number of rotatable bonds is 3. The van der Waals surface area contributed by atoms with Crippen LogP contribution in [0, 0.1) is 11.7 Å². The monoisotopic (exact) mass is 403 g/mol. The Labute approximate surface area is 164 Å². The Kier molecular flexibility index (Phi) is 4.64. The molecular weight excluding hydrogens is 386 g/mol. The zero-order chi connectivity index (χ0) is 20.8. The molecule has 4 rings (SSSR count). The van der Waals surface area contributed by atoms with Crippen LogP contribution in [0.25, 0.3) is 5.69 Å². The summed E-state index contributed by atoms with van der Waals surface area (Å²) in [6, 6.07) is 10.4. The summed E-state index contributed by atoms with van der Waals surface area (Å²) in [6.45, 7) is 1.95. The maximum absolute atomic E-state index is 13.3. The van der Waals surface area contributed by atoms with Gasteiger partial charge >= 0.3 is 6.18 Å². The van der Waals surface area contributed by atoms with Crippen molar-refractivity contribution in [2.24, 2.45) is 5.92 Å². The highest BCUT2D eigenvalue weighted by molar-refractivity contribution is 6.03. The van der Waals surface area contributed by atoms with Gasteiger partial charge in [-0.25, -0.2) is 9.07 Å². The molecule has 150 valence electrons. The topological polar surface area (TPSA) is 46.9 Å². The van der Waals surface area contributed by atoms with E-state index in [-0.39, 0.29) is 23.2 Å². The van der Waals surface area contributed by atoms with Gasteiger partial charge in [-0.1, -0.05) is 13.0 Å². The van der Waals surface area contributed by atoms with Crippen molar-refractivity contribution in [1.82, 2.24) is 9.78 Å². The van der Waals surface area contributed by atoms with Gasteiger partial charge in [-0.05, 0) is 54.8 Å². The van der Waals surface area contributed by atoms with Gasteiger partial charge in [0, 0.05) is 12.1 Å². The summed E-state index contributed by atoms with van der Waals surface area (Å²) in [5.41, 5.74) is 0.980. The van der Waals surface area contributed by atoms with Crippen molar-refractivity contribution in [2.45, 2.75) is 25.9 Å². The quantitative estimate of drug-likeness (QED) is 0.584. The Hall–Kier alpha value is -3.16. The molecule has 1 aliphatic rings. The van der Waals surface area contributed by atoms with Gasteiger partial charge in [0.1, 0.15) is 5.82 Å². The van der Waals surface area contributed by atoms with Crippen molar-refractivity contribution in [1.29, 1.82) is 0 Å². The fourth-order valence-corrected chi connectivity index (χ4v) is 3.55. The number of alkyl halides is 3. The van der Waals surface area contributed by atoms with Crippen molar-refractivity contribution in [3.05, 3.63) is 71.2 Å². The van der Waals surface area contributed by atoms with Crippen LogP contribution in [0.3, 0.4) is 0 Å². The molecule has 0 saturated heterocycles. The number of aromatic nitrogens is 2. The normalized spacial score (nSPS) is 16.6. The number of ketones is 1. The second kappa shape index (κ2) is 7.02. The van der Waals surface area contributed by atoms with Crippen LogP contribution in [0.2, 0.25) is 0 Å². The molecule has 3 aromatic rings. The highest BCUT2D eigenvalue weighted by atomic mass is 19.4. The van der Waals surface area contributed by atoms with Crippen LogP contribution in [-0.4, -0.2) is 15.6 Å². The number of benzene rings is 2. The number of anilines is 2. The minimum atomic E-state index is -4.48. The molecular formula is C21H17F4N3O. The third-order valence-corrected chi connectivity index (χ3v) is 4.86. The number of Topliss-reactive ketones (excluding diaryl/α,β-unsaturated/α-hetero) is 1. The maximum atomic E-state index is 13.3. The molecule has 0 radical (unpaired) electrons. The van der Waals surface area contributed by atoms with Crippen molar-refractivity contribution >= 4 is 17.3 Å². The molecule has 0 spiro atoms. The summed E-state index contributed by atoms with van der Waals surface area (Å²) in [7, 11) is 0. The van der Waals surface area contributed by atoms with Crippen molar-refractivity contribution in [3.8, 4) is 5.69 Å². The first-order valence-corrected chi connectivity index (χ1v) is 9.07. The van der Waals surface area contributed by atoms with Crippen LogP contribution < -0.4 is 5.32 Å². The van der Waals surface area contributed by atoms with Crippen LogP contribution >= 0.6 is 0 Å². The van der Waals surface area contributed by atoms with Crippen LogP contribution in [0.4, 0.5) is 29.1 Å². The third-order valence-electron chi connectivity index (χ3n) is 4.86. The standard InChI is InChI=1S/C21H17F4N3O/c1-12-9-17-19(18(29)10-12)20(27-28(17)16-7-5-14(22)6-8-16)26-15-4-2-3-13(11-15)21(23,24)25/h2-8,11-12H,9-10H2,1H3,(H,26,27). The lowest BCUT2D eigenvalue weighted by Gasteiger charge is -2.19. The Bertz CT molecular complexity index is 1070. The number of hydrogen-bond acceptors (Lipinski definition) is 3. The summed E-state index contributed by atoms with van der Waals surface area (Å²) < 4.78 is 53.9. The van der Waals surface area contributed by atoms with E-state index < -0.39 is 17.6 Å². The fraction of sp³-hybridized carbons (Fsp3) is 0.238. The summed E-state index contributed by atoms with van der Waals surface area (Å²) in [4.78, 5) is 12.7. The second-order valence-corrected chi connectivity index (χ2v) is 7.20. The Morgan fingerprint density at radius 3 is 2.52 bits per heavy atom. The number of nitrogens with zero attached hydrogens (tertiary/aromatic N) is 2. The first-order chi connectivity index (χ1) is 13.7. The van der Waals surface area contributed by atoms with E-state index in [1.54, 1.807) is 16.8 Å². The molecule has 1 unspecified atom stereocenters. The van der Waals surface area contributed by atoms with Gasteiger partial charge < -0.3 is 5.32 Å². The number of hydrogen-bond donors (Lipinski definition) is 1. The van der Waals surface area contributed by atoms with E-state index in [4.69, 9.17) is 0 Å². The fourth-order valence-electron chi connectivity index (χ4n) is 3.55. The van der Waals surface area contributed by atoms with Gasteiger partial charge in [-0.2, -0.15) is 13.2 Å². The Morgan fingerprint density at radius 1 is 1.10 bits per heavy atom. The van der Waals surface area contributed by atoms with Crippen molar-refractivity contribution in [2.75, 3.05) is 5.32 Å². The van der Waals surface area contributed by atoms with E-state index in [1.165, 1.54) is 24.3 Å². The molecule has 4 nitrogen and oxygen atoms in total. The lowest BCUT2D eigenvalue weighted by Crippen LogP contribution is -2.19. The summed E-state index contributed by atoms with van der Waals surface area (Å²) in [5.74, 6) is -0.226. The maximum Gasteiger partial charge on any atom is 0.416 e. The van der Waals surface area contributed by atoms with E-state index in [0.29, 0.717) is 29.8 Å². The lowest BCUT2D eigenvalue weighted by molar-refractivity contribution is -0.137. The van der Waals surface area contributed by atoms with E-state index in [2.05, 4.69) is 10.4 Å². The van der Waals surface area contributed by atoms with Crippen LogP contribution in [0.5, 0.6) is 0 Å². The molecule has 0 aliphatic heterocycles. The molecule has 1 N–H and O–H groups in total. The molecule has 8 heteroatoms. The number of fused-ring (bicyclic) bond motifs is 1.